The molecule has 7 heteroatoms. The van der Waals surface area contributed by atoms with Crippen LogP contribution in [0.15, 0.2) is 24.3 Å². The van der Waals surface area contributed by atoms with Crippen LogP contribution in [-0.4, -0.2) is 64.5 Å². The predicted molar refractivity (Wildman–Crippen MR) is 90.0 cm³/mol. The summed E-state index contributed by atoms with van der Waals surface area (Å²) in [6.07, 6.45) is 1.53. The molecule has 2 saturated heterocycles. The van der Waals surface area contributed by atoms with Crippen LogP contribution in [0.25, 0.3) is 0 Å². The fourth-order valence-corrected chi connectivity index (χ4v) is 3.90. The minimum Gasteiger partial charge on any atom is -0.392 e. The number of rotatable bonds is 4. The van der Waals surface area contributed by atoms with Crippen molar-refractivity contribution in [1.82, 2.24) is 9.80 Å². The Labute approximate surface area is 146 Å². The van der Waals surface area contributed by atoms with Gasteiger partial charge in [-0.2, -0.15) is 0 Å². The fourth-order valence-electron chi connectivity index (χ4n) is 3.90. The molecule has 2 heterocycles. The number of carbonyl (C=O) groups is 2. The monoisotopic (exact) mass is 349 g/mol. The molecule has 0 bridgehead atoms. The Balaban J connectivity index is 1.54. The highest BCUT2D eigenvalue weighted by molar-refractivity contribution is 5.80. The molecule has 6 nitrogen and oxygen atoms in total. The van der Waals surface area contributed by atoms with Crippen LogP contribution in [0.2, 0.25) is 0 Å². The number of benzene rings is 1. The predicted octanol–water partition coefficient (Wildman–Crippen LogP) is 0.280. The highest BCUT2D eigenvalue weighted by Gasteiger charge is 2.40. The lowest BCUT2D eigenvalue weighted by molar-refractivity contribution is -0.133. The number of nitrogens with zero attached hydrogens (tertiary/aromatic N) is 2. The molecule has 2 aliphatic heterocycles. The average molecular weight is 349 g/mol. The SMILES string of the molecule is NC(=O)[C@@H]1C[C@@H](O)CN1C1CCN(C(=O)Cc2cccc(F)c2)CC1. The number of aliphatic hydroxyl groups excluding tert-OH is 1. The standard InChI is InChI=1S/C18H24FN3O3/c19-13-3-1-2-12(8-13)9-17(24)21-6-4-14(5-7-21)22-11-15(23)10-16(22)18(20)25/h1-3,8,14-16,23H,4-7,9-11H2,(H2,20,25)/t15-,16+/m1/s1. The zero-order valence-corrected chi connectivity index (χ0v) is 14.1. The molecule has 2 atom stereocenters. The average Bonchev–Trinajstić information content (AvgIpc) is 2.97. The van der Waals surface area contributed by atoms with Gasteiger partial charge in [0.2, 0.25) is 11.8 Å². The number of likely N-dealkylation sites (tertiary alicyclic amines) is 2. The largest absolute Gasteiger partial charge is 0.392 e. The second-order valence-corrected chi connectivity index (χ2v) is 6.92. The molecule has 3 rings (SSSR count). The summed E-state index contributed by atoms with van der Waals surface area (Å²) in [5.41, 5.74) is 6.11. The lowest BCUT2D eigenvalue weighted by Crippen LogP contribution is -2.51. The zero-order valence-electron chi connectivity index (χ0n) is 14.1. The smallest absolute Gasteiger partial charge is 0.234 e. The van der Waals surface area contributed by atoms with E-state index in [9.17, 15) is 19.1 Å². The summed E-state index contributed by atoms with van der Waals surface area (Å²) in [6.45, 7) is 1.64. The van der Waals surface area contributed by atoms with Crippen molar-refractivity contribution in [3.63, 3.8) is 0 Å². The summed E-state index contributed by atoms with van der Waals surface area (Å²) in [6, 6.07) is 5.82. The van der Waals surface area contributed by atoms with Crippen LogP contribution in [0.3, 0.4) is 0 Å². The number of amides is 2. The number of halogens is 1. The maximum Gasteiger partial charge on any atom is 0.234 e. The van der Waals surface area contributed by atoms with Gasteiger partial charge in [0.05, 0.1) is 18.6 Å². The zero-order chi connectivity index (χ0) is 18.0. The summed E-state index contributed by atoms with van der Waals surface area (Å²) in [5.74, 6) is -0.757. The van der Waals surface area contributed by atoms with E-state index in [1.54, 1.807) is 17.0 Å². The molecule has 0 aromatic heterocycles. The Morgan fingerprint density at radius 1 is 1.28 bits per heavy atom. The topological polar surface area (TPSA) is 86.9 Å². The van der Waals surface area contributed by atoms with Gasteiger partial charge in [-0.25, -0.2) is 4.39 Å². The molecule has 2 fully saturated rings. The summed E-state index contributed by atoms with van der Waals surface area (Å²) in [4.78, 5) is 27.8. The lowest BCUT2D eigenvalue weighted by atomic mass is 10.0. The number of β-amino-alcohol motifs (C(OH)–C–C–N with tert-alkyl or cyclic N) is 1. The van der Waals surface area contributed by atoms with Crippen molar-refractivity contribution >= 4 is 11.8 Å². The molecule has 0 aliphatic carbocycles. The first-order valence-electron chi connectivity index (χ1n) is 8.69. The third kappa shape index (κ3) is 4.16. The van der Waals surface area contributed by atoms with E-state index in [2.05, 4.69) is 0 Å². The first-order chi connectivity index (χ1) is 11.9. The summed E-state index contributed by atoms with van der Waals surface area (Å²) < 4.78 is 13.2. The second kappa shape index (κ2) is 7.49. The normalized spacial score (nSPS) is 25.3. The van der Waals surface area contributed by atoms with Crippen molar-refractivity contribution in [2.45, 2.75) is 43.9 Å². The Bertz CT molecular complexity index is 646. The molecular formula is C18H24FN3O3. The molecule has 136 valence electrons. The van der Waals surface area contributed by atoms with Crippen LogP contribution in [0.5, 0.6) is 0 Å². The third-order valence-electron chi connectivity index (χ3n) is 5.18. The highest BCUT2D eigenvalue weighted by atomic mass is 19.1. The van der Waals surface area contributed by atoms with Gasteiger partial charge in [0, 0.05) is 25.7 Å². The van der Waals surface area contributed by atoms with E-state index >= 15 is 0 Å². The number of piperidine rings is 1. The van der Waals surface area contributed by atoms with Gasteiger partial charge in [-0.3, -0.25) is 14.5 Å². The molecule has 0 spiro atoms. The molecule has 0 saturated carbocycles. The molecule has 2 aliphatic rings. The van der Waals surface area contributed by atoms with Crippen molar-refractivity contribution in [3.8, 4) is 0 Å². The number of hydrogen-bond donors (Lipinski definition) is 2. The first kappa shape index (κ1) is 17.8. The van der Waals surface area contributed by atoms with E-state index < -0.39 is 18.1 Å². The molecule has 1 aromatic rings. The van der Waals surface area contributed by atoms with E-state index in [1.807, 2.05) is 4.90 Å². The van der Waals surface area contributed by atoms with Crippen LogP contribution in [-0.2, 0) is 16.0 Å². The molecule has 0 unspecified atom stereocenters. The van der Waals surface area contributed by atoms with Gasteiger partial charge in [0.1, 0.15) is 5.82 Å². The number of primary amides is 1. The van der Waals surface area contributed by atoms with Crippen molar-refractivity contribution in [2.75, 3.05) is 19.6 Å². The van der Waals surface area contributed by atoms with Crippen LogP contribution >= 0.6 is 0 Å². The number of aliphatic hydroxyl groups is 1. The summed E-state index contributed by atoms with van der Waals surface area (Å²) in [7, 11) is 0. The van der Waals surface area contributed by atoms with Crippen molar-refractivity contribution < 1.29 is 19.1 Å². The number of hydrogen-bond acceptors (Lipinski definition) is 4. The van der Waals surface area contributed by atoms with E-state index in [-0.39, 0.29) is 24.2 Å². The number of carbonyl (C=O) groups excluding carboxylic acids is 2. The highest BCUT2D eigenvalue weighted by Crippen LogP contribution is 2.26. The lowest BCUT2D eigenvalue weighted by Gasteiger charge is -2.38. The van der Waals surface area contributed by atoms with E-state index in [4.69, 9.17) is 5.73 Å². The summed E-state index contributed by atoms with van der Waals surface area (Å²) in [5, 5.41) is 9.83. The van der Waals surface area contributed by atoms with Crippen LogP contribution in [0.4, 0.5) is 4.39 Å². The Morgan fingerprint density at radius 2 is 2.00 bits per heavy atom. The van der Waals surface area contributed by atoms with Crippen LogP contribution in [0, 0.1) is 5.82 Å². The van der Waals surface area contributed by atoms with Gasteiger partial charge in [0.25, 0.3) is 0 Å². The minimum atomic E-state index is -0.523. The minimum absolute atomic E-state index is 0.0167. The maximum absolute atomic E-state index is 13.2. The molecule has 25 heavy (non-hydrogen) atoms. The van der Waals surface area contributed by atoms with E-state index in [0.717, 1.165) is 12.8 Å². The molecule has 0 radical (unpaired) electrons. The first-order valence-corrected chi connectivity index (χ1v) is 8.69. The quantitative estimate of drug-likeness (QED) is 0.817. The Kier molecular flexibility index (Phi) is 5.34. The van der Waals surface area contributed by atoms with Gasteiger partial charge >= 0.3 is 0 Å². The van der Waals surface area contributed by atoms with Crippen molar-refractivity contribution in [1.29, 1.82) is 0 Å². The van der Waals surface area contributed by atoms with Gasteiger partial charge in [-0.15, -0.1) is 0 Å². The van der Waals surface area contributed by atoms with Crippen LogP contribution < -0.4 is 5.73 Å². The van der Waals surface area contributed by atoms with Gasteiger partial charge < -0.3 is 15.7 Å². The van der Waals surface area contributed by atoms with Crippen molar-refractivity contribution in [3.05, 3.63) is 35.6 Å². The Hall–Kier alpha value is -1.99. The number of nitrogens with two attached hydrogens (primary N) is 1. The molecule has 2 amide bonds. The fraction of sp³-hybridized carbons (Fsp3) is 0.556. The maximum atomic E-state index is 13.2. The Morgan fingerprint density at radius 3 is 2.64 bits per heavy atom. The third-order valence-corrected chi connectivity index (χ3v) is 5.18. The van der Waals surface area contributed by atoms with Crippen molar-refractivity contribution in [2.24, 2.45) is 5.73 Å². The molecule has 1 aromatic carbocycles. The van der Waals surface area contributed by atoms with Crippen LogP contribution in [0.1, 0.15) is 24.8 Å². The van der Waals surface area contributed by atoms with Gasteiger partial charge in [-0.1, -0.05) is 12.1 Å². The van der Waals surface area contributed by atoms with Gasteiger partial charge in [-0.05, 0) is 37.0 Å². The van der Waals surface area contributed by atoms with Gasteiger partial charge in [0.15, 0.2) is 0 Å². The molecular weight excluding hydrogens is 325 g/mol. The second-order valence-electron chi connectivity index (χ2n) is 6.92. The molecule has 3 N–H and O–H groups in total. The van der Waals surface area contributed by atoms with E-state index in [1.165, 1.54) is 12.1 Å². The summed E-state index contributed by atoms with van der Waals surface area (Å²) >= 11 is 0. The van der Waals surface area contributed by atoms with E-state index in [0.29, 0.717) is 31.6 Å².